The highest BCUT2D eigenvalue weighted by Gasteiger charge is 2.13. The summed E-state index contributed by atoms with van der Waals surface area (Å²) in [5, 5.41) is 9.68. The molecule has 0 unspecified atom stereocenters. The lowest BCUT2D eigenvalue weighted by molar-refractivity contribution is 0.626. The molecule has 0 aliphatic carbocycles. The third kappa shape index (κ3) is 3.33. The molecule has 0 saturated heterocycles. The van der Waals surface area contributed by atoms with Gasteiger partial charge in [-0.2, -0.15) is 4.68 Å². The van der Waals surface area contributed by atoms with E-state index >= 15 is 0 Å². The number of aromatic nitrogens is 5. The lowest BCUT2D eigenvalue weighted by Gasteiger charge is -2.03. The fraction of sp³-hybridized carbons (Fsp3) is 0.0588. The molecule has 2 heterocycles. The van der Waals surface area contributed by atoms with Gasteiger partial charge in [0, 0.05) is 10.8 Å². The average molecular weight is 372 g/mol. The second kappa shape index (κ2) is 6.78. The first kappa shape index (κ1) is 16.0. The molecule has 4 aromatic rings. The zero-order valence-corrected chi connectivity index (χ0v) is 14.4. The average Bonchev–Trinajstić information content (AvgIpc) is 3.05. The molecule has 4 rings (SSSR count). The van der Waals surface area contributed by atoms with Gasteiger partial charge < -0.3 is 0 Å². The van der Waals surface area contributed by atoms with Crippen LogP contribution in [0.2, 0.25) is 5.02 Å². The molecule has 0 N–H and O–H groups in total. The lowest BCUT2D eigenvalue weighted by atomic mass is 10.2. The summed E-state index contributed by atoms with van der Waals surface area (Å²) in [6.07, 6.45) is 1.47. The minimum Gasteiger partial charge on any atom is -0.227 e. The SMILES string of the molecule is Fc1cccc(CSc2ncnc3c2nnn3-c2cccc(Cl)c2)c1. The molecule has 0 radical (unpaired) electrons. The summed E-state index contributed by atoms with van der Waals surface area (Å²) in [4.78, 5) is 8.57. The normalized spacial score (nSPS) is 11.1. The molecule has 0 aliphatic rings. The van der Waals surface area contributed by atoms with E-state index in [1.54, 1.807) is 22.9 Å². The van der Waals surface area contributed by atoms with Crippen LogP contribution < -0.4 is 0 Å². The van der Waals surface area contributed by atoms with E-state index in [1.165, 1.54) is 30.2 Å². The van der Waals surface area contributed by atoms with Gasteiger partial charge in [-0.1, -0.05) is 46.8 Å². The molecule has 0 bridgehead atoms. The van der Waals surface area contributed by atoms with Gasteiger partial charge in [-0.3, -0.25) is 0 Å². The van der Waals surface area contributed by atoms with E-state index in [0.717, 1.165) is 11.3 Å². The number of fused-ring (bicyclic) bond motifs is 1. The molecule has 0 spiro atoms. The fourth-order valence-electron chi connectivity index (χ4n) is 2.39. The predicted octanol–water partition coefficient (Wildman–Crippen LogP) is 4.30. The Balaban J connectivity index is 1.67. The molecule has 25 heavy (non-hydrogen) atoms. The topological polar surface area (TPSA) is 56.5 Å². The maximum Gasteiger partial charge on any atom is 0.187 e. The van der Waals surface area contributed by atoms with Crippen molar-refractivity contribution in [2.75, 3.05) is 0 Å². The second-order valence-corrected chi connectivity index (χ2v) is 6.65. The number of thioether (sulfide) groups is 1. The van der Waals surface area contributed by atoms with Crippen LogP contribution in [0.3, 0.4) is 0 Å². The monoisotopic (exact) mass is 371 g/mol. The number of hydrogen-bond donors (Lipinski definition) is 0. The summed E-state index contributed by atoms with van der Waals surface area (Å²) < 4.78 is 14.9. The third-order valence-corrected chi connectivity index (χ3v) is 4.81. The summed E-state index contributed by atoms with van der Waals surface area (Å²) >= 11 is 7.51. The minimum atomic E-state index is -0.252. The number of nitrogens with zero attached hydrogens (tertiary/aromatic N) is 5. The number of halogens is 2. The van der Waals surface area contributed by atoms with Gasteiger partial charge in [0.05, 0.1) is 5.69 Å². The van der Waals surface area contributed by atoms with Crippen molar-refractivity contribution in [2.24, 2.45) is 0 Å². The van der Waals surface area contributed by atoms with Crippen LogP contribution >= 0.6 is 23.4 Å². The van der Waals surface area contributed by atoms with Gasteiger partial charge in [0.1, 0.15) is 17.2 Å². The van der Waals surface area contributed by atoms with Crippen LogP contribution in [0.4, 0.5) is 4.39 Å². The summed E-state index contributed by atoms with van der Waals surface area (Å²) in [7, 11) is 0. The molecule has 0 amide bonds. The van der Waals surface area contributed by atoms with E-state index in [2.05, 4.69) is 20.3 Å². The van der Waals surface area contributed by atoms with E-state index < -0.39 is 0 Å². The smallest absolute Gasteiger partial charge is 0.187 e. The third-order valence-electron chi connectivity index (χ3n) is 3.52. The van der Waals surface area contributed by atoms with Crippen LogP contribution in [0.1, 0.15) is 5.56 Å². The molecular weight excluding hydrogens is 361 g/mol. The largest absolute Gasteiger partial charge is 0.227 e. The first-order valence-corrected chi connectivity index (χ1v) is 8.77. The second-order valence-electron chi connectivity index (χ2n) is 5.25. The summed E-state index contributed by atoms with van der Waals surface area (Å²) in [5.41, 5.74) is 2.84. The molecule has 5 nitrogen and oxygen atoms in total. The standard InChI is InChI=1S/C17H11ClFN5S/c18-12-4-2-6-14(8-12)24-16-15(22-23-24)17(21-10-20-16)25-9-11-3-1-5-13(19)7-11/h1-8,10H,9H2. The summed E-state index contributed by atoms with van der Waals surface area (Å²) in [5.74, 6) is 0.325. The van der Waals surface area contributed by atoms with Crippen LogP contribution in [0.5, 0.6) is 0 Å². The van der Waals surface area contributed by atoms with Gasteiger partial charge in [-0.15, -0.1) is 5.10 Å². The fourth-order valence-corrected chi connectivity index (χ4v) is 3.45. The number of hydrogen-bond acceptors (Lipinski definition) is 5. The maximum atomic E-state index is 13.3. The quantitative estimate of drug-likeness (QED) is 0.395. The van der Waals surface area contributed by atoms with Crippen LogP contribution in [0.15, 0.2) is 59.9 Å². The van der Waals surface area contributed by atoms with Crippen molar-refractivity contribution in [3.63, 3.8) is 0 Å². The minimum absolute atomic E-state index is 0.252. The maximum absolute atomic E-state index is 13.3. The Labute approximate surface area is 151 Å². The highest BCUT2D eigenvalue weighted by molar-refractivity contribution is 7.98. The van der Waals surface area contributed by atoms with Gasteiger partial charge >= 0.3 is 0 Å². The first-order chi connectivity index (χ1) is 12.2. The Morgan fingerprint density at radius 2 is 1.96 bits per heavy atom. The van der Waals surface area contributed by atoms with Crippen LogP contribution in [0, 0.1) is 5.82 Å². The van der Waals surface area contributed by atoms with Gasteiger partial charge in [0.15, 0.2) is 11.2 Å². The van der Waals surface area contributed by atoms with Gasteiger partial charge in [-0.25, -0.2) is 14.4 Å². The van der Waals surface area contributed by atoms with E-state index in [9.17, 15) is 4.39 Å². The van der Waals surface area contributed by atoms with E-state index in [-0.39, 0.29) is 5.82 Å². The molecule has 2 aromatic carbocycles. The highest BCUT2D eigenvalue weighted by atomic mass is 35.5. The molecule has 0 saturated carbocycles. The van der Waals surface area contributed by atoms with Gasteiger partial charge in [0.25, 0.3) is 0 Å². The van der Waals surface area contributed by atoms with Crippen molar-refractivity contribution in [1.29, 1.82) is 0 Å². The Morgan fingerprint density at radius 1 is 1.08 bits per heavy atom. The van der Waals surface area contributed by atoms with E-state index in [0.29, 0.717) is 27.0 Å². The number of rotatable bonds is 4. The Bertz CT molecular complexity index is 1050. The van der Waals surface area contributed by atoms with Crippen molar-refractivity contribution >= 4 is 34.5 Å². The molecular formula is C17H11ClFN5S. The van der Waals surface area contributed by atoms with E-state index in [4.69, 9.17) is 11.6 Å². The highest BCUT2D eigenvalue weighted by Crippen LogP contribution is 2.27. The van der Waals surface area contributed by atoms with Gasteiger partial charge in [0.2, 0.25) is 0 Å². The first-order valence-electron chi connectivity index (χ1n) is 7.40. The zero-order chi connectivity index (χ0) is 17.2. The molecule has 8 heteroatoms. The van der Waals surface area contributed by atoms with Crippen molar-refractivity contribution in [2.45, 2.75) is 10.8 Å². The van der Waals surface area contributed by atoms with Crippen LogP contribution in [0.25, 0.3) is 16.9 Å². The summed E-state index contributed by atoms with van der Waals surface area (Å²) in [6.45, 7) is 0. The summed E-state index contributed by atoms with van der Waals surface area (Å²) in [6, 6.07) is 13.8. The van der Waals surface area contributed by atoms with Crippen molar-refractivity contribution in [3.05, 3.63) is 71.3 Å². The molecule has 0 fully saturated rings. The van der Waals surface area contributed by atoms with Crippen molar-refractivity contribution in [1.82, 2.24) is 25.0 Å². The van der Waals surface area contributed by atoms with Crippen molar-refractivity contribution in [3.8, 4) is 5.69 Å². The molecule has 0 atom stereocenters. The molecule has 0 aliphatic heterocycles. The molecule has 2 aromatic heterocycles. The van der Waals surface area contributed by atoms with E-state index in [1.807, 2.05) is 18.2 Å². The zero-order valence-electron chi connectivity index (χ0n) is 12.8. The van der Waals surface area contributed by atoms with Crippen LogP contribution in [-0.2, 0) is 5.75 Å². The Kier molecular flexibility index (Phi) is 4.33. The Hall–Kier alpha value is -2.51. The van der Waals surface area contributed by atoms with Crippen molar-refractivity contribution < 1.29 is 4.39 Å². The number of benzene rings is 2. The predicted molar refractivity (Wildman–Crippen MR) is 95.4 cm³/mol. The van der Waals surface area contributed by atoms with Crippen LogP contribution in [-0.4, -0.2) is 25.0 Å². The lowest BCUT2D eigenvalue weighted by Crippen LogP contribution is -1.98. The van der Waals surface area contributed by atoms with Gasteiger partial charge in [-0.05, 0) is 35.9 Å². The Morgan fingerprint density at radius 3 is 2.80 bits per heavy atom. The molecule has 124 valence electrons.